The van der Waals surface area contributed by atoms with Crippen LogP contribution in [0, 0.1) is 5.92 Å². The van der Waals surface area contributed by atoms with Crippen molar-refractivity contribution >= 4 is 11.8 Å². The van der Waals surface area contributed by atoms with Crippen LogP contribution >= 0.6 is 0 Å². The maximum absolute atomic E-state index is 13.0. The van der Waals surface area contributed by atoms with Gasteiger partial charge >= 0.3 is 0 Å². The van der Waals surface area contributed by atoms with Crippen molar-refractivity contribution < 1.29 is 9.59 Å². The van der Waals surface area contributed by atoms with E-state index >= 15 is 0 Å². The van der Waals surface area contributed by atoms with Crippen molar-refractivity contribution in [1.82, 2.24) is 34.5 Å². The molecule has 9 nitrogen and oxygen atoms in total. The molecular formula is C19H25N7O2. The van der Waals surface area contributed by atoms with Crippen LogP contribution in [0.1, 0.15) is 50.0 Å². The number of hydrogen-bond donors (Lipinski definition) is 1. The van der Waals surface area contributed by atoms with Gasteiger partial charge in [-0.1, -0.05) is 0 Å². The Labute approximate surface area is 163 Å². The number of H-pyrrole nitrogens is 1. The van der Waals surface area contributed by atoms with Crippen molar-refractivity contribution in [3.63, 3.8) is 0 Å². The number of likely N-dealkylation sites (tertiary alicyclic amines) is 1. The van der Waals surface area contributed by atoms with Crippen molar-refractivity contribution in [3.05, 3.63) is 30.4 Å². The number of carbonyl (C=O) groups is 2. The minimum Gasteiger partial charge on any atom is -0.348 e. The Kier molecular flexibility index (Phi) is 3.99. The lowest BCUT2D eigenvalue weighted by Crippen LogP contribution is -2.59. The third kappa shape index (κ3) is 2.63. The SMILES string of the molecule is C[C@H](C(=O)N1CCC2(CC1)c1nc[nH]c1CCN2C(=O)C1CC1)n1cncn1. The number of aromatic nitrogens is 5. The normalized spacial score (nSPS) is 22.2. The third-order valence-electron chi connectivity index (χ3n) is 6.55. The molecule has 4 heterocycles. The zero-order valence-corrected chi connectivity index (χ0v) is 16.0. The summed E-state index contributed by atoms with van der Waals surface area (Å²) in [6.07, 6.45) is 9.01. The van der Waals surface area contributed by atoms with Gasteiger partial charge in [-0.2, -0.15) is 5.10 Å². The molecule has 148 valence electrons. The topological polar surface area (TPSA) is 100 Å². The van der Waals surface area contributed by atoms with Crippen molar-refractivity contribution in [3.8, 4) is 0 Å². The molecule has 2 amide bonds. The van der Waals surface area contributed by atoms with Crippen molar-refractivity contribution in [1.29, 1.82) is 0 Å². The first-order valence-corrected chi connectivity index (χ1v) is 10.1. The number of imidazole rings is 1. The predicted octanol–water partition coefficient (Wildman–Crippen LogP) is 0.875. The largest absolute Gasteiger partial charge is 0.348 e. The average Bonchev–Trinajstić information content (AvgIpc) is 3.20. The van der Waals surface area contributed by atoms with E-state index in [1.165, 1.54) is 6.33 Å². The van der Waals surface area contributed by atoms with E-state index in [-0.39, 0.29) is 29.3 Å². The maximum Gasteiger partial charge on any atom is 0.247 e. The number of aromatic amines is 1. The number of fused-ring (bicyclic) bond motifs is 2. The van der Waals surface area contributed by atoms with Gasteiger partial charge in [-0.05, 0) is 32.6 Å². The standard InChI is InChI=1S/C19H25N7O2/c1-13(26-12-20-10-23-26)17(27)24-8-5-19(6-9-24)16-15(21-11-22-16)4-7-25(19)18(28)14-2-3-14/h10-14H,2-9H2,1H3,(H,21,22)/t13-/m1/s1. The molecule has 5 rings (SSSR count). The Hall–Kier alpha value is -2.71. The zero-order chi connectivity index (χ0) is 19.3. The molecule has 3 aliphatic rings. The monoisotopic (exact) mass is 383 g/mol. The number of nitrogens with zero attached hydrogens (tertiary/aromatic N) is 6. The molecule has 0 radical (unpaired) electrons. The van der Waals surface area contributed by atoms with Crippen molar-refractivity contribution in [2.45, 2.75) is 50.6 Å². The lowest BCUT2D eigenvalue weighted by molar-refractivity contribution is -0.146. The summed E-state index contributed by atoms with van der Waals surface area (Å²) in [6.45, 7) is 3.79. The molecule has 9 heteroatoms. The third-order valence-corrected chi connectivity index (χ3v) is 6.55. The predicted molar refractivity (Wildman–Crippen MR) is 99.0 cm³/mol. The summed E-state index contributed by atoms with van der Waals surface area (Å²) < 4.78 is 1.59. The average molecular weight is 383 g/mol. The Bertz CT molecular complexity index is 878. The summed E-state index contributed by atoms with van der Waals surface area (Å²) in [6, 6.07) is -0.381. The van der Waals surface area contributed by atoms with E-state index in [4.69, 9.17) is 0 Å². The zero-order valence-electron chi connectivity index (χ0n) is 16.0. The molecule has 2 aliphatic heterocycles. The molecule has 1 saturated heterocycles. The van der Waals surface area contributed by atoms with E-state index in [0.717, 1.165) is 50.0 Å². The molecule has 1 saturated carbocycles. The van der Waals surface area contributed by atoms with Crippen LogP contribution in [0.15, 0.2) is 19.0 Å². The van der Waals surface area contributed by atoms with Crippen LogP contribution in [0.25, 0.3) is 0 Å². The number of amides is 2. The summed E-state index contributed by atoms with van der Waals surface area (Å²) >= 11 is 0. The van der Waals surface area contributed by atoms with Gasteiger partial charge in [-0.25, -0.2) is 14.6 Å². The molecule has 0 aromatic carbocycles. The lowest BCUT2D eigenvalue weighted by atomic mass is 9.78. The van der Waals surface area contributed by atoms with E-state index in [1.54, 1.807) is 17.3 Å². The molecule has 2 aromatic heterocycles. The molecule has 0 bridgehead atoms. The highest BCUT2D eigenvalue weighted by atomic mass is 16.2. The molecule has 1 aliphatic carbocycles. The van der Waals surface area contributed by atoms with Gasteiger partial charge in [0.25, 0.3) is 0 Å². The van der Waals surface area contributed by atoms with Crippen LogP contribution in [0.2, 0.25) is 0 Å². The second-order valence-electron chi connectivity index (χ2n) is 8.15. The molecule has 1 N–H and O–H groups in total. The number of hydrogen-bond acceptors (Lipinski definition) is 5. The molecule has 2 fully saturated rings. The van der Waals surface area contributed by atoms with E-state index in [9.17, 15) is 9.59 Å². The molecule has 0 unspecified atom stereocenters. The Morgan fingerprint density at radius 1 is 1.25 bits per heavy atom. The summed E-state index contributed by atoms with van der Waals surface area (Å²) in [4.78, 5) is 41.7. The number of piperidine rings is 1. The Balaban J connectivity index is 1.38. The van der Waals surface area contributed by atoms with Gasteiger partial charge < -0.3 is 14.8 Å². The fraction of sp³-hybridized carbons (Fsp3) is 0.632. The van der Waals surface area contributed by atoms with Crippen LogP contribution in [-0.2, 0) is 21.5 Å². The molecular weight excluding hydrogens is 358 g/mol. The van der Waals surface area contributed by atoms with Crippen LogP contribution in [0.3, 0.4) is 0 Å². The Morgan fingerprint density at radius 2 is 2.04 bits per heavy atom. The van der Waals surface area contributed by atoms with Gasteiger partial charge in [-0.3, -0.25) is 9.59 Å². The quantitative estimate of drug-likeness (QED) is 0.848. The summed E-state index contributed by atoms with van der Waals surface area (Å²) in [5, 5.41) is 4.09. The van der Waals surface area contributed by atoms with E-state index in [0.29, 0.717) is 13.1 Å². The first-order valence-electron chi connectivity index (χ1n) is 10.1. The summed E-state index contributed by atoms with van der Waals surface area (Å²) in [5.41, 5.74) is 1.75. The lowest BCUT2D eigenvalue weighted by Gasteiger charge is -2.50. The highest BCUT2D eigenvalue weighted by Crippen LogP contribution is 2.45. The van der Waals surface area contributed by atoms with Crippen molar-refractivity contribution in [2.75, 3.05) is 19.6 Å². The smallest absolute Gasteiger partial charge is 0.247 e. The van der Waals surface area contributed by atoms with Gasteiger partial charge in [0.05, 0.1) is 17.6 Å². The second-order valence-corrected chi connectivity index (χ2v) is 8.15. The van der Waals surface area contributed by atoms with Gasteiger partial charge in [0.2, 0.25) is 11.8 Å². The van der Waals surface area contributed by atoms with Gasteiger partial charge in [-0.15, -0.1) is 0 Å². The number of rotatable bonds is 3. The minimum absolute atomic E-state index is 0.0403. The molecule has 28 heavy (non-hydrogen) atoms. The molecule has 1 spiro atoms. The van der Waals surface area contributed by atoms with Crippen LogP contribution < -0.4 is 0 Å². The molecule has 1 atom stereocenters. The first-order chi connectivity index (χ1) is 13.6. The van der Waals surface area contributed by atoms with Crippen LogP contribution in [0.4, 0.5) is 0 Å². The summed E-state index contributed by atoms with van der Waals surface area (Å²) in [7, 11) is 0. The first kappa shape index (κ1) is 17.4. The van der Waals surface area contributed by atoms with Crippen LogP contribution in [-0.4, -0.2) is 66.0 Å². The fourth-order valence-corrected chi connectivity index (χ4v) is 4.75. The van der Waals surface area contributed by atoms with E-state index in [1.807, 2.05) is 11.8 Å². The maximum atomic E-state index is 13.0. The van der Waals surface area contributed by atoms with E-state index in [2.05, 4.69) is 25.0 Å². The molecule has 2 aromatic rings. The Morgan fingerprint density at radius 3 is 2.71 bits per heavy atom. The summed E-state index contributed by atoms with van der Waals surface area (Å²) in [5.74, 6) is 0.493. The number of nitrogens with one attached hydrogen (secondary N) is 1. The van der Waals surface area contributed by atoms with Gasteiger partial charge in [0.15, 0.2) is 0 Å². The highest BCUT2D eigenvalue weighted by molar-refractivity contribution is 5.83. The van der Waals surface area contributed by atoms with Gasteiger partial charge in [0.1, 0.15) is 18.7 Å². The fourth-order valence-electron chi connectivity index (χ4n) is 4.75. The van der Waals surface area contributed by atoms with E-state index < -0.39 is 0 Å². The minimum atomic E-state index is -0.388. The second kappa shape index (κ2) is 6.42. The highest BCUT2D eigenvalue weighted by Gasteiger charge is 2.51. The van der Waals surface area contributed by atoms with Gasteiger partial charge in [0, 0.05) is 37.7 Å². The van der Waals surface area contributed by atoms with Crippen LogP contribution in [0.5, 0.6) is 0 Å². The van der Waals surface area contributed by atoms with Crippen molar-refractivity contribution in [2.24, 2.45) is 5.92 Å². The number of carbonyl (C=O) groups excluding carboxylic acids is 2.